The Kier molecular flexibility index (Phi) is 9.55. The van der Waals surface area contributed by atoms with E-state index >= 15 is 0 Å². The molecule has 1 fully saturated rings. The zero-order valence-electron chi connectivity index (χ0n) is 26.3. The average Bonchev–Trinajstić information content (AvgIpc) is 3.34. The molecular weight excluding hydrogens is 614 g/mol. The molecule has 1 aliphatic carbocycles. The molecule has 2 heterocycles. The summed E-state index contributed by atoms with van der Waals surface area (Å²) in [5, 5.41) is 12.4. The van der Waals surface area contributed by atoms with Gasteiger partial charge in [0.2, 0.25) is 0 Å². The van der Waals surface area contributed by atoms with E-state index in [4.69, 9.17) is 4.74 Å². The van der Waals surface area contributed by atoms with Crippen molar-refractivity contribution in [3.63, 3.8) is 0 Å². The molecule has 5 rings (SSSR count). The molecule has 14 heteroatoms. The number of fused-ring (bicyclic) bond motifs is 1. The molecule has 250 valence electrons. The number of alkyl halides is 6. The first kappa shape index (κ1) is 33.5. The van der Waals surface area contributed by atoms with E-state index in [1.54, 1.807) is 11.9 Å². The molecule has 0 radical (unpaired) electrons. The van der Waals surface area contributed by atoms with Crippen molar-refractivity contribution in [2.24, 2.45) is 18.9 Å². The second-order valence-electron chi connectivity index (χ2n) is 12.5. The second kappa shape index (κ2) is 13.1. The van der Waals surface area contributed by atoms with Crippen molar-refractivity contribution in [2.75, 3.05) is 30.0 Å². The Morgan fingerprint density at radius 3 is 2.17 bits per heavy atom. The maximum Gasteiger partial charge on any atom is 0.416 e. The van der Waals surface area contributed by atoms with E-state index in [-0.39, 0.29) is 36.0 Å². The molecule has 0 amide bonds. The lowest BCUT2D eigenvalue weighted by Crippen LogP contribution is -2.34. The van der Waals surface area contributed by atoms with Gasteiger partial charge in [0, 0.05) is 25.3 Å². The number of benzene rings is 2. The Bertz CT molecular complexity index is 1510. The summed E-state index contributed by atoms with van der Waals surface area (Å²) in [7, 11) is 2.96. The number of aryl methyl sites for hydroxylation is 3. The normalized spacial score (nSPS) is 20.7. The summed E-state index contributed by atoms with van der Waals surface area (Å²) in [5.74, 6) is 0.203. The molecule has 46 heavy (non-hydrogen) atoms. The zero-order valence-corrected chi connectivity index (χ0v) is 26.3. The van der Waals surface area contributed by atoms with Crippen LogP contribution in [0.2, 0.25) is 0 Å². The van der Waals surface area contributed by atoms with Crippen molar-refractivity contribution in [1.29, 1.82) is 0 Å². The summed E-state index contributed by atoms with van der Waals surface area (Å²) in [4.78, 5) is 17.3. The van der Waals surface area contributed by atoms with Crippen molar-refractivity contribution in [2.45, 2.75) is 77.3 Å². The third kappa shape index (κ3) is 7.41. The number of hydrogen-bond donors (Lipinski definition) is 0. The van der Waals surface area contributed by atoms with Gasteiger partial charge in [-0.2, -0.15) is 31.1 Å². The van der Waals surface area contributed by atoms with Crippen LogP contribution in [0.1, 0.15) is 77.9 Å². The van der Waals surface area contributed by atoms with Gasteiger partial charge in [-0.3, -0.25) is 4.79 Å². The molecule has 0 unspecified atom stereocenters. The highest BCUT2D eigenvalue weighted by atomic mass is 19.4. The maximum atomic E-state index is 13.8. The molecule has 1 aromatic heterocycles. The number of methoxy groups -OCH3 is 1. The number of anilines is 2. The SMILES string of the molecule is COC(=O)C1CCC(CN2CCC[C@H](N(Cc3cc(C(F)(F)F)cc(C(F)(F)F)c3)c3nnn(C)n3)c3cc(C)cc(C)c32)CC1. The number of halogens is 6. The summed E-state index contributed by atoms with van der Waals surface area (Å²) in [6.07, 6.45) is -5.38. The summed E-state index contributed by atoms with van der Waals surface area (Å²) >= 11 is 0. The first-order chi connectivity index (χ1) is 21.6. The molecule has 8 nitrogen and oxygen atoms in total. The van der Waals surface area contributed by atoms with Crippen LogP contribution in [0.15, 0.2) is 30.3 Å². The number of carbonyl (C=O) groups excluding carboxylic acids is 1. The van der Waals surface area contributed by atoms with Gasteiger partial charge in [0.1, 0.15) is 0 Å². The van der Waals surface area contributed by atoms with Crippen molar-refractivity contribution in [1.82, 2.24) is 20.2 Å². The van der Waals surface area contributed by atoms with E-state index < -0.39 is 29.5 Å². The Morgan fingerprint density at radius 1 is 0.957 bits per heavy atom. The Balaban J connectivity index is 1.53. The molecule has 0 spiro atoms. The van der Waals surface area contributed by atoms with E-state index in [0.29, 0.717) is 25.3 Å². The van der Waals surface area contributed by atoms with E-state index in [9.17, 15) is 31.1 Å². The molecule has 3 aromatic rings. The predicted molar refractivity (Wildman–Crippen MR) is 159 cm³/mol. The summed E-state index contributed by atoms with van der Waals surface area (Å²) in [6, 6.07) is 5.31. The third-order valence-electron chi connectivity index (χ3n) is 9.05. The number of esters is 1. The molecule has 2 aliphatic rings. The molecule has 1 aliphatic heterocycles. The van der Waals surface area contributed by atoms with Crippen LogP contribution in [-0.2, 0) is 35.5 Å². The molecule has 2 aromatic carbocycles. The van der Waals surface area contributed by atoms with Crippen molar-refractivity contribution in [3.8, 4) is 0 Å². The quantitative estimate of drug-likeness (QED) is 0.198. The van der Waals surface area contributed by atoms with Gasteiger partial charge < -0.3 is 14.5 Å². The Labute approximate surface area is 263 Å². The smallest absolute Gasteiger partial charge is 0.416 e. The van der Waals surface area contributed by atoms with E-state index in [1.165, 1.54) is 11.9 Å². The van der Waals surface area contributed by atoms with Crippen LogP contribution in [0.3, 0.4) is 0 Å². The van der Waals surface area contributed by atoms with Crippen LogP contribution in [0, 0.1) is 25.7 Å². The molecule has 0 saturated heterocycles. The zero-order chi connectivity index (χ0) is 33.4. The number of rotatable bonds is 7. The number of hydrogen-bond acceptors (Lipinski definition) is 7. The standard InChI is InChI=1S/C32H38F6N6O2/c1-19-12-20(2)28-26(13-19)27(6-5-11-43(28)17-21-7-9-23(10-8-21)29(45)46-4)44(30-39-41-42(3)40-30)18-22-14-24(31(33,34)35)16-25(15-22)32(36,37)38/h12-16,21,23,27H,5-11,17-18H2,1-4H3/t21?,23?,27-/m0/s1. The van der Waals surface area contributed by atoms with Crippen LogP contribution in [0.4, 0.5) is 38.0 Å². The highest BCUT2D eigenvalue weighted by Crippen LogP contribution is 2.43. The minimum Gasteiger partial charge on any atom is -0.469 e. The highest BCUT2D eigenvalue weighted by Gasteiger charge is 2.38. The minimum atomic E-state index is -4.97. The predicted octanol–water partition coefficient (Wildman–Crippen LogP) is 7.19. The summed E-state index contributed by atoms with van der Waals surface area (Å²) in [5.41, 5.74) is 1.01. The van der Waals surface area contributed by atoms with Gasteiger partial charge in [0.25, 0.3) is 5.95 Å². The Hall–Kier alpha value is -3.84. The van der Waals surface area contributed by atoms with Crippen LogP contribution in [0.5, 0.6) is 0 Å². The minimum absolute atomic E-state index is 0.0896. The van der Waals surface area contributed by atoms with Crippen molar-refractivity contribution in [3.05, 3.63) is 63.7 Å². The monoisotopic (exact) mass is 652 g/mol. The van der Waals surface area contributed by atoms with E-state index in [1.807, 2.05) is 19.9 Å². The fourth-order valence-electron chi connectivity index (χ4n) is 7.00. The van der Waals surface area contributed by atoms with Gasteiger partial charge in [-0.05, 0) is 98.4 Å². The van der Waals surface area contributed by atoms with Gasteiger partial charge >= 0.3 is 18.3 Å². The fourth-order valence-corrected chi connectivity index (χ4v) is 7.00. The second-order valence-corrected chi connectivity index (χ2v) is 12.5. The number of carbonyl (C=O) groups is 1. The van der Waals surface area contributed by atoms with Gasteiger partial charge in [-0.1, -0.05) is 22.8 Å². The van der Waals surface area contributed by atoms with E-state index in [2.05, 4.69) is 26.4 Å². The first-order valence-electron chi connectivity index (χ1n) is 15.4. The number of tetrazole rings is 1. The van der Waals surface area contributed by atoms with Crippen molar-refractivity contribution < 1.29 is 35.9 Å². The number of ether oxygens (including phenoxy) is 1. The van der Waals surface area contributed by atoms with Gasteiger partial charge in [-0.25, -0.2) is 0 Å². The number of nitrogens with zero attached hydrogens (tertiary/aromatic N) is 6. The van der Waals surface area contributed by atoms with E-state index in [0.717, 1.165) is 66.7 Å². The third-order valence-corrected chi connectivity index (χ3v) is 9.05. The summed E-state index contributed by atoms with van der Waals surface area (Å²) in [6.45, 7) is 5.16. The highest BCUT2D eigenvalue weighted by molar-refractivity contribution is 5.72. The van der Waals surface area contributed by atoms with Gasteiger partial charge in [-0.15, -0.1) is 5.10 Å². The lowest BCUT2D eigenvalue weighted by atomic mass is 9.81. The van der Waals surface area contributed by atoms with Crippen LogP contribution in [-0.4, -0.2) is 46.4 Å². The summed E-state index contributed by atoms with van der Waals surface area (Å²) < 4.78 is 87.5. The number of aromatic nitrogens is 4. The average molecular weight is 653 g/mol. The largest absolute Gasteiger partial charge is 0.469 e. The topological polar surface area (TPSA) is 76.4 Å². The first-order valence-corrected chi connectivity index (χ1v) is 15.4. The molecule has 0 N–H and O–H groups in total. The van der Waals surface area contributed by atoms with Crippen LogP contribution >= 0.6 is 0 Å². The van der Waals surface area contributed by atoms with Crippen LogP contribution in [0.25, 0.3) is 0 Å². The van der Waals surface area contributed by atoms with Gasteiger partial charge in [0.15, 0.2) is 0 Å². The molecule has 1 saturated carbocycles. The van der Waals surface area contributed by atoms with Crippen LogP contribution < -0.4 is 9.80 Å². The van der Waals surface area contributed by atoms with Crippen molar-refractivity contribution >= 4 is 17.6 Å². The Morgan fingerprint density at radius 2 is 1.61 bits per heavy atom. The van der Waals surface area contributed by atoms with Gasteiger partial charge in [0.05, 0.1) is 37.2 Å². The lowest BCUT2D eigenvalue weighted by Gasteiger charge is -2.36. The maximum absolute atomic E-state index is 13.8. The molecular formula is C32H38F6N6O2. The lowest BCUT2D eigenvalue weighted by molar-refractivity contribution is -0.147. The molecule has 0 bridgehead atoms. The fraction of sp³-hybridized carbons (Fsp3) is 0.562. The molecule has 1 atom stereocenters.